The number of carbonyl (C=O) groups excluding carboxylic acids is 2. The van der Waals surface area contributed by atoms with Crippen LogP contribution in [-0.2, 0) is 33.9 Å². The van der Waals surface area contributed by atoms with Gasteiger partial charge >= 0.3 is 0 Å². The van der Waals surface area contributed by atoms with Crippen molar-refractivity contribution in [2.75, 3.05) is 77.1 Å². The van der Waals surface area contributed by atoms with Crippen molar-refractivity contribution in [2.45, 2.75) is 32.3 Å². The quantitative estimate of drug-likeness (QED) is 0.212. The van der Waals surface area contributed by atoms with Gasteiger partial charge in [0.15, 0.2) is 17.3 Å². The lowest BCUT2D eigenvalue weighted by Gasteiger charge is -2.32. The van der Waals surface area contributed by atoms with E-state index in [1.165, 1.54) is 6.07 Å². The Hall–Kier alpha value is -5.46. The number of ether oxygens (including phenoxy) is 5. The van der Waals surface area contributed by atoms with Gasteiger partial charge in [0.2, 0.25) is 0 Å². The van der Waals surface area contributed by atoms with Crippen molar-refractivity contribution < 1.29 is 50.6 Å². The SMILES string of the molecule is COc1cc(-c2cnc(N)c(-c3ccc(NC(=O)C4=CC(C5=NC=C(C)C(=O)C5)=CN(CC5CCOCC5)C4)cc3F)c2)ccc1OC[C@H]1COCCO1.CS(=O)(=O)O. The average Bonchev–Trinajstić information content (AvgIpc) is 3.21. The molecule has 15 nitrogen and oxygen atoms in total. The van der Waals surface area contributed by atoms with E-state index >= 15 is 4.39 Å². The monoisotopic (exact) mass is 833 g/mol. The van der Waals surface area contributed by atoms with Crippen LogP contribution < -0.4 is 20.5 Å². The number of pyridine rings is 1. The van der Waals surface area contributed by atoms with Crippen molar-refractivity contribution in [1.29, 1.82) is 0 Å². The summed E-state index contributed by atoms with van der Waals surface area (Å²) in [5, 5.41) is 2.87. The summed E-state index contributed by atoms with van der Waals surface area (Å²) in [6.07, 6.45) is 9.53. The minimum Gasteiger partial charge on any atom is -0.493 e. The molecule has 2 aromatic carbocycles. The van der Waals surface area contributed by atoms with E-state index in [2.05, 4.69) is 20.2 Å². The normalized spacial score (nSPS) is 18.7. The van der Waals surface area contributed by atoms with Gasteiger partial charge in [0.05, 0.1) is 45.3 Å². The summed E-state index contributed by atoms with van der Waals surface area (Å²) >= 11 is 0. The van der Waals surface area contributed by atoms with Crippen LogP contribution in [0.2, 0.25) is 0 Å². The van der Waals surface area contributed by atoms with Crippen LogP contribution in [0.15, 0.2) is 88.8 Å². The molecular weight excluding hydrogens is 786 g/mol. The van der Waals surface area contributed by atoms with Gasteiger partial charge in [-0.2, -0.15) is 8.42 Å². The third-order valence-electron chi connectivity index (χ3n) is 9.91. The van der Waals surface area contributed by atoms with Gasteiger partial charge < -0.3 is 39.6 Å². The number of Topliss-reactive ketones (excluding diaryl/α,β-unsaturated/α-hetero) is 1. The van der Waals surface area contributed by atoms with Crippen LogP contribution in [0.4, 0.5) is 15.9 Å². The number of nitrogens with two attached hydrogens (primary N) is 1. The van der Waals surface area contributed by atoms with E-state index in [1.54, 1.807) is 56.8 Å². The number of nitrogens with one attached hydrogen (secondary N) is 1. The Bertz CT molecular complexity index is 2270. The number of allylic oxidation sites excluding steroid dienone is 3. The fraction of sp³-hybridized carbons (Fsp3) is 0.381. The number of ketones is 1. The fourth-order valence-electron chi connectivity index (χ4n) is 6.82. The second-order valence-corrected chi connectivity index (χ2v) is 16.0. The first-order valence-corrected chi connectivity index (χ1v) is 20.9. The summed E-state index contributed by atoms with van der Waals surface area (Å²) in [7, 11) is -2.11. The van der Waals surface area contributed by atoms with Crippen molar-refractivity contribution >= 4 is 39.0 Å². The summed E-state index contributed by atoms with van der Waals surface area (Å²) < 4.78 is 70.0. The molecule has 17 heteroatoms. The maximum atomic E-state index is 15.9. The molecule has 2 fully saturated rings. The number of benzene rings is 2. The first-order chi connectivity index (χ1) is 28.2. The number of carbonyl (C=O) groups is 2. The molecule has 0 unspecified atom stereocenters. The van der Waals surface area contributed by atoms with Gasteiger partial charge in [-0.3, -0.25) is 19.1 Å². The van der Waals surface area contributed by atoms with Gasteiger partial charge in [0, 0.05) is 84.0 Å². The summed E-state index contributed by atoms with van der Waals surface area (Å²) in [6.45, 7) is 6.15. The smallest absolute Gasteiger partial charge is 0.261 e. The number of hydrogen-bond donors (Lipinski definition) is 3. The molecular formula is C42H48FN5O10S. The van der Waals surface area contributed by atoms with E-state index in [0.29, 0.717) is 103 Å². The molecule has 0 spiro atoms. The maximum Gasteiger partial charge on any atom is 0.261 e. The van der Waals surface area contributed by atoms with E-state index in [1.807, 2.05) is 18.3 Å². The van der Waals surface area contributed by atoms with Crippen molar-refractivity contribution in [1.82, 2.24) is 9.88 Å². The van der Waals surface area contributed by atoms with Gasteiger partial charge in [-0.1, -0.05) is 6.07 Å². The summed E-state index contributed by atoms with van der Waals surface area (Å²) in [5.74, 6) is 0.684. The number of rotatable bonds is 11. The molecule has 1 aromatic heterocycles. The molecule has 5 heterocycles. The van der Waals surface area contributed by atoms with Crippen molar-refractivity contribution in [3.05, 3.63) is 89.7 Å². The van der Waals surface area contributed by atoms with E-state index in [4.69, 9.17) is 34.0 Å². The third kappa shape index (κ3) is 12.0. The lowest BCUT2D eigenvalue weighted by molar-refractivity contribution is -0.114. The van der Waals surface area contributed by atoms with Gasteiger partial charge in [-0.25, -0.2) is 9.37 Å². The van der Waals surface area contributed by atoms with Crippen LogP contribution >= 0.6 is 0 Å². The van der Waals surface area contributed by atoms with E-state index in [-0.39, 0.29) is 41.3 Å². The van der Waals surface area contributed by atoms with Gasteiger partial charge in [0.1, 0.15) is 24.3 Å². The predicted molar refractivity (Wildman–Crippen MR) is 220 cm³/mol. The number of halogens is 1. The molecule has 0 saturated carbocycles. The minimum atomic E-state index is -3.67. The summed E-state index contributed by atoms with van der Waals surface area (Å²) in [4.78, 5) is 37.2. The Labute approximate surface area is 342 Å². The number of hydrogen-bond acceptors (Lipinski definition) is 13. The highest BCUT2D eigenvalue weighted by atomic mass is 32.2. The first-order valence-electron chi connectivity index (χ1n) is 19.0. The van der Waals surface area contributed by atoms with Crippen molar-refractivity contribution in [3.63, 3.8) is 0 Å². The molecule has 2 saturated heterocycles. The summed E-state index contributed by atoms with van der Waals surface area (Å²) in [6, 6.07) is 11.7. The number of aromatic nitrogens is 1. The van der Waals surface area contributed by atoms with E-state index in [9.17, 15) is 18.0 Å². The van der Waals surface area contributed by atoms with Gasteiger partial charge in [-0.05, 0) is 73.7 Å². The number of anilines is 2. The average molecular weight is 834 g/mol. The molecule has 4 aliphatic heterocycles. The van der Waals surface area contributed by atoms with E-state index < -0.39 is 15.9 Å². The van der Waals surface area contributed by atoms with Crippen molar-refractivity contribution in [2.24, 2.45) is 10.9 Å². The Morgan fingerprint density at radius 3 is 2.53 bits per heavy atom. The Kier molecular flexibility index (Phi) is 14.3. The number of nitrogens with zero attached hydrogens (tertiary/aromatic N) is 3. The van der Waals surface area contributed by atoms with E-state index in [0.717, 1.165) is 24.9 Å². The van der Waals surface area contributed by atoms with Crippen LogP contribution in [0.25, 0.3) is 22.3 Å². The lowest BCUT2D eigenvalue weighted by Crippen LogP contribution is -2.35. The highest BCUT2D eigenvalue weighted by Gasteiger charge is 2.26. The molecule has 4 N–H and O–H groups in total. The topological polar surface area (TPSA) is 201 Å². The zero-order valence-corrected chi connectivity index (χ0v) is 33.9. The Morgan fingerprint density at radius 1 is 1.05 bits per heavy atom. The van der Waals surface area contributed by atoms with Gasteiger partial charge in [-0.15, -0.1) is 0 Å². The second-order valence-electron chi connectivity index (χ2n) is 14.5. The predicted octanol–water partition coefficient (Wildman–Crippen LogP) is 5.25. The molecule has 314 valence electrons. The molecule has 3 aromatic rings. The van der Waals surface area contributed by atoms with Crippen LogP contribution in [0.5, 0.6) is 11.5 Å². The molecule has 4 aliphatic rings. The number of aliphatic imine (C=N–C) groups is 1. The highest BCUT2D eigenvalue weighted by Crippen LogP contribution is 2.36. The van der Waals surface area contributed by atoms with Crippen LogP contribution in [0.3, 0.4) is 0 Å². The third-order valence-corrected chi connectivity index (χ3v) is 9.91. The Morgan fingerprint density at radius 2 is 1.83 bits per heavy atom. The van der Waals surface area contributed by atoms with Gasteiger partial charge in [0.25, 0.3) is 16.0 Å². The fourth-order valence-corrected chi connectivity index (χ4v) is 6.82. The standard InChI is InChI=1S/C41H44FN5O7.CH4O3S/c1-25-18-44-36(17-37(25)48)29-13-30(22-47(21-29)20-26-7-9-51-10-8-26)41(49)46-31-4-5-33(35(42)16-31)34-14-28(19-45-40(34)43)27-3-6-38(39(15-27)50-2)54-24-32-23-52-11-12-53-32;1-5(2,3)4/h3-6,13-16,18-19,21,26,32H,7-12,17,20,22-24H2,1-2H3,(H2,43,45)(H,46,49);1H3,(H,2,3,4)/t32-;/m1./s1. The first kappa shape index (κ1) is 43.1. The molecule has 0 radical (unpaired) electrons. The number of nitrogen functional groups attached to an aromatic ring is 1. The maximum absolute atomic E-state index is 15.9. The molecule has 1 amide bonds. The largest absolute Gasteiger partial charge is 0.493 e. The van der Waals surface area contributed by atoms with Crippen LogP contribution in [0, 0.1) is 11.7 Å². The highest BCUT2D eigenvalue weighted by molar-refractivity contribution is 7.85. The van der Waals surface area contributed by atoms with Crippen LogP contribution in [-0.4, -0.2) is 112 Å². The summed E-state index contributed by atoms with van der Waals surface area (Å²) in [5.41, 5.74) is 11.1. The lowest BCUT2D eigenvalue weighted by atomic mass is 9.94. The van der Waals surface area contributed by atoms with Crippen molar-refractivity contribution in [3.8, 4) is 33.8 Å². The minimum absolute atomic E-state index is 0.00162. The second kappa shape index (κ2) is 19.5. The molecule has 0 bridgehead atoms. The zero-order valence-electron chi connectivity index (χ0n) is 33.1. The van der Waals surface area contributed by atoms with Crippen LogP contribution in [0.1, 0.15) is 26.2 Å². The molecule has 59 heavy (non-hydrogen) atoms. The molecule has 0 aliphatic carbocycles. The molecule has 7 rings (SSSR count). The Balaban J connectivity index is 0.00000110. The number of methoxy groups -OCH3 is 1. The zero-order chi connectivity index (χ0) is 42.1. The molecule has 1 atom stereocenters. The number of amides is 1.